The van der Waals surface area contributed by atoms with Crippen molar-refractivity contribution in [2.24, 2.45) is 0 Å². The van der Waals surface area contributed by atoms with Crippen molar-refractivity contribution in [2.45, 2.75) is 45.6 Å². The zero-order valence-corrected chi connectivity index (χ0v) is 12.9. The highest BCUT2D eigenvalue weighted by Gasteiger charge is 2.24. The van der Waals surface area contributed by atoms with Gasteiger partial charge in [-0.3, -0.25) is 4.79 Å². The van der Waals surface area contributed by atoms with E-state index in [9.17, 15) is 4.79 Å². The molecule has 0 aliphatic heterocycles. The monoisotopic (exact) mass is 289 g/mol. The molecule has 1 heterocycles. The van der Waals surface area contributed by atoms with Gasteiger partial charge in [0.15, 0.2) is 0 Å². The number of aliphatic hydroxyl groups is 1. The molecule has 0 fully saturated rings. The summed E-state index contributed by atoms with van der Waals surface area (Å²) in [4.78, 5) is 12.2. The van der Waals surface area contributed by atoms with Gasteiger partial charge < -0.3 is 14.8 Å². The van der Waals surface area contributed by atoms with Crippen LogP contribution in [0.25, 0.3) is 11.0 Å². The second-order valence-corrected chi connectivity index (χ2v) is 5.87. The van der Waals surface area contributed by atoms with E-state index in [0.29, 0.717) is 6.42 Å². The highest BCUT2D eigenvalue weighted by molar-refractivity contribution is 5.88. The quantitative estimate of drug-likeness (QED) is 0.859. The Balaban J connectivity index is 2.11. The van der Waals surface area contributed by atoms with E-state index in [-0.39, 0.29) is 24.5 Å². The number of carbonyl (C=O) groups is 1. The largest absolute Gasteiger partial charge is 0.464 e. The molecule has 2 aromatic rings. The molecule has 2 N–H and O–H groups in total. The number of benzene rings is 1. The zero-order valence-electron chi connectivity index (χ0n) is 12.9. The van der Waals surface area contributed by atoms with Crippen LogP contribution >= 0.6 is 0 Å². The van der Waals surface area contributed by atoms with Crippen LogP contribution in [0.1, 0.15) is 37.8 Å². The Bertz CT molecular complexity index is 632. The van der Waals surface area contributed by atoms with E-state index in [1.165, 1.54) is 0 Å². The van der Waals surface area contributed by atoms with Crippen LogP contribution in [0.2, 0.25) is 0 Å². The Labute approximate surface area is 125 Å². The van der Waals surface area contributed by atoms with Gasteiger partial charge in [-0.25, -0.2) is 0 Å². The minimum absolute atomic E-state index is 0.0453. The van der Waals surface area contributed by atoms with Crippen molar-refractivity contribution in [2.75, 3.05) is 6.61 Å². The van der Waals surface area contributed by atoms with Crippen LogP contribution in [0.3, 0.4) is 0 Å². The summed E-state index contributed by atoms with van der Waals surface area (Å²) in [6.07, 6.45) is 3.28. The van der Waals surface area contributed by atoms with Crippen molar-refractivity contribution in [3.8, 4) is 0 Å². The normalized spacial score (nSPS) is 14.1. The van der Waals surface area contributed by atoms with E-state index >= 15 is 0 Å². The third kappa shape index (κ3) is 3.64. The predicted molar refractivity (Wildman–Crippen MR) is 83.2 cm³/mol. The summed E-state index contributed by atoms with van der Waals surface area (Å²) in [6, 6.07) is 5.98. The van der Waals surface area contributed by atoms with Gasteiger partial charge in [0, 0.05) is 23.1 Å². The minimum atomic E-state index is -0.359. The second-order valence-electron chi connectivity index (χ2n) is 5.87. The van der Waals surface area contributed by atoms with E-state index in [0.717, 1.165) is 28.5 Å². The van der Waals surface area contributed by atoms with Crippen molar-refractivity contribution in [1.82, 2.24) is 5.32 Å². The van der Waals surface area contributed by atoms with E-state index in [2.05, 4.69) is 5.32 Å². The summed E-state index contributed by atoms with van der Waals surface area (Å²) in [5.41, 5.74) is 2.48. The first kappa shape index (κ1) is 15.6. The van der Waals surface area contributed by atoms with Crippen LogP contribution in [-0.4, -0.2) is 23.2 Å². The van der Waals surface area contributed by atoms with Crippen LogP contribution in [0.5, 0.6) is 0 Å². The van der Waals surface area contributed by atoms with Crippen molar-refractivity contribution in [3.05, 3.63) is 35.6 Å². The maximum absolute atomic E-state index is 12.2. The van der Waals surface area contributed by atoms with E-state index in [1.807, 2.05) is 39.0 Å². The fourth-order valence-corrected chi connectivity index (χ4v) is 2.46. The maximum Gasteiger partial charge on any atom is 0.224 e. The molecular formula is C17H23NO3. The Hall–Kier alpha value is -1.81. The van der Waals surface area contributed by atoms with Crippen LogP contribution in [-0.2, 0) is 11.2 Å². The molecule has 1 aromatic heterocycles. The van der Waals surface area contributed by atoms with E-state index < -0.39 is 0 Å². The summed E-state index contributed by atoms with van der Waals surface area (Å²) < 4.78 is 5.51. The standard InChI is InChI=1S/C17H23NO3/c1-4-17(3,7-8-19)18-16(20)10-13-11-21-15-9-12(2)5-6-14(13)15/h5-6,9,11,19H,4,7-8,10H2,1-3H3,(H,18,20). The van der Waals surface area contributed by atoms with Crippen molar-refractivity contribution >= 4 is 16.9 Å². The molecule has 21 heavy (non-hydrogen) atoms. The SMILES string of the molecule is CCC(C)(CCO)NC(=O)Cc1coc2cc(C)ccc12. The van der Waals surface area contributed by atoms with Gasteiger partial charge in [0.1, 0.15) is 5.58 Å². The summed E-state index contributed by atoms with van der Waals surface area (Å²) >= 11 is 0. The first-order valence-corrected chi connectivity index (χ1v) is 7.36. The molecule has 114 valence electrons. The Kier molecular flexibility index (Phi) is 4.68. The van der Waals surface area contributed by atoms with Gasteiger partial charge in [0.25, 0.3) is 0 Å². The number of carbonyl (C=O) groups excluding carboxylic acids is 1. The average Bonchev–Trinajstić information content (AvgIpc) is 2.81. The molecular weight excluding hydrogens is 266 g/mol. The number of aliphatic hydroxyl groups excluding tert-OH is 1. The smallest absolute Gasteiger partial charge is 0.224 e. The van der Waals surface area contributed by atoms with Crippen LogP contribution in [0, 0.1) is 6.92 Å². The minimum Gasteiger partial charge on any atom is -0.464 e. The van der Waals surface area contributed by atoms with Gasteiger partial charge in [-0.05, 0) is 38.3 Å². The number of hydrogen-bond donors (Lipinski definition) is 2. The van der Waals surface area contributed by atoms with Gasteiger partial charge in [0.05, 0.1) is 12.7 Å². The second kappa shape index (κ2) is 6.31. The topological polar surface area (TPSA) is 62.5 Å². The third-order valence-corrected chi connectivity index (χ3v) is 4.05. The summed E-state index contributed by atoms with van der Waals surface area (Å²) in [5.74, 6) is -0.0453. The molecule has 1 atom stereocenters. The first-order chi connectivity index (χ1) is 9.97. The molecule has 0 saturated carbocycles. The van der Waals surface area contributed by atoms with Crippen LogP contribution in [0.15, 0.2) is 28.9 Å². The molecule has 2 rings (SSSR count). The molecule has 0 radical (unpaired) electrons. The van der Waals surface area contributed by atoms with Crippen LogP contribution in [0.4, 0.5) is 0 Å². The van der Waals surface area contributed by atoms with E-state index in [1.54, 1.807) is 6.26 Å². The number of furan rings is 1. The number of nitrogens with one attached hydrogen (secondary N) is 1. The Morgan fingerprint density at radius 2 is 2.19 bits per heavy atom. The number of rotatable bonds is 6. The molecule has 0 aliphatic carbocycles. The number of amides is 1. The third-order valence-electron chi connectivity index (χ3n) is 4.05. The van der Waals surface area contributed by atoms with Gasteiger partial charge in [-0.2, -0.15) is 0 Å². The molecule has 0 spiro atoms. The Morgan fingerprint density at radius 3 is 2.86 bits per heavy atom. The molecule has 1 unspecified atom stereocenters. The molecule has 1 aromatic carbocycles. The molecule has 4 nitrogen and oxygen atoms in total. The summed E-state index contributed by atoms with van der Waals surface area (Å²) in [7, 11) is 0. The molecule has 4 heteroatoms. The fraction of sp³-hybridized carbons (Fsp3) is 0.471. The Morgan fingerprint density at radius 1 is 1.43 bits per heavy atom. The highest BCUT2D eigenvalue weighted by atomic mass is 16.3. The van der Waals surface area contributed by atoms with Crippen LogP contribution < -0.4 is 5.32 Å². The van der Waals surface area contributed by atoms with Crippen molar-refractivity contribution in [1.29, 1.82) is 0 Å². The number of aryl methyl sites for hydroxylation is 1. The van der Waals surface area contributed by atoms with Crippen molar-refractivity contribution in [3.63, 3.8) is 0 Å². The number of fused-ring (bicyclic) bond motifs is 1. The summed E-state index contributed by atoms with van der Waals surface area (Å²) in [5, 5.41) is 13.1. The lowest BCUT2D eigenvalue weighted by Crippen LogP contribution is -2.46. The fourth-order valence-electron chi connectivity index (χ4n) is 2.46. The van der Waals surface area contributed by atoms with Crippen molar-refractivity contribution < 1.29 is 14.3 Å². The highest BCUT2D eigenvalue weighted by Crippen LogP contribution is 2.23. The molecule has 1 amide bonds. The summed E-state index contributed by atoms with van der Waals surface area (Å²) in [6.45, 7) is 6.04. The lowest BCUT2D eigenvalue weighted by atomic mass is 9.94. The number of hydrogen-bond acceptors (Lipinski definition) is 3. The van der Waals surface area contributed by atoms with E-state index in [4.69, 9.17) is 9.52 Å². The first-order valence-electron chi connectivity index (χ1n) is 7.36. The predicted octanol–water partition coefficient (Wildman–Crippen LogP) is 2.95. The lowest BCUT2D eigenvalue weighted by Gasteiger charge is -2.29. The zero-order chi connectivity index (χ0) is 15.5. The van der Waals surface area contributed by atoms with Gasteiger partial charge >= 0.3 is 0 Å². The molecule has 0 aliphatic rings. The molecule has 0 saturated heterocycles. The molecule has 0 bridgehead atoms. The average molecular weight is 289 g/mol. The van der Waals surface area contributed by atoms with Gasteiger partial charge in [-0.15, -0.1) is 0 Å². The van der Waals surface area contributed by atoms with Gasteiger partial charge in [-0.1, -0.05) is 19.1 Å². The van der Waals surface area contributed by atoms with Gasteiger partial charge in [0.2, 0.25) is 5.91 Å². The lowest BCUT2D eigenvalue weighted by molar-refractivity contribution is -0.122. The maximum atomic E-state index is 12.2.